The lowest BCUT2D eigenvalue weighted by Gasteiger charge is -2.23. The lowest BCUT2D eigenvalue weighted by Crippen LogP contribution is -2.50. The van der Waals surface area contributed by atoms with E-state index >= 15 is 0 Å². The van der Waals surface area contributed by atoms with E-state index in [1.165, 1.54) is 0 Å². The quantitative estimate of drug-likeness (QED) is 0.560. The average Bonchev–Trinajstić information content (AvgIpc) is 2.93. The molecule has 2 aromatic carbocycles. The number of guanidine groups is 1. The summed E-state index contributed by atoms with van der Waals surface area (Å²) in [6.45, 7) is 0. The molecule has 1 atom stereocenters. The van der Waals surface area contributed by atoms with Gasteiger partial charge < -0.3 is 5.73 Å². The van der Waals surface area contributed by atoms with Gasteiger partial charge in [-0.15, -0.1) is 0 Å². The summed E-state index contributed by atoms with van der Waals surface area (Å²) < 4.78 is 78.8. The van der Waals surface area contributed by atoms with Crippen LogP contribution in [0.2, 0.25) is 0 Å². The minimum Gasteiger partial charge on any atom is -0.369 e. The maximum atomic E-state index is 14.8. The van der Waals surface area contributed by atoms with E-state index in [0.29, 0.717) is 6.07 Å². The Balaban J connectivity index is 2.19. The molecule has 6 N–H and O–H groups in total. The van der Waals surface area contributed by atoms with E-state index in [1.54, 1.807) is 0 Å². The van der Waals surface area contributed by atoms with Crippen molar-refractivity contribution >= 4 is 15.8 Å². The molecule has 0 amide bonds. The molecule has 1 unspecified atom stereocenters. The van der Waals surface area contributed by atoms with Crippen LogP contribution in [0.1, 0.15) is 11.1 Å². The van der Waals surface area contributed by atoms with Crippen molar-refractivity contribution in [1.29, 1.82) is 0 Å². The third kappa shape index (κ3) is 3.66. The van der Waals surface area contributed by atoms with Crippen LogP contribution >= 0.6 is 0 Å². The molecular formula is C16H15F4N5O2S. The lowest BCUT2D eigenvalue weighted by molar-refractivity contribution is -0.137. The highest BCUT2D eigenvalue weighted by Crippen LogP contribution is 2.41. The fourth-order valence-corrected chi connectivity index (χ4v) is 3.38. The fourth-order valence-electron chi connectivity index (χ4n) is 2.75. The summed E-state index contributed by atoms with van der Waals surface area (Å²) in [5, 5.41) is 0. The van der Waals surface area contributed by atoms with Crippen LogP contribution in [0.5, 0.6) is 0 Å². The van der Waals surface area contributed by atoms with Gasteiger partial charge in [-0.2, -0.15) is 18.6 Å². The normalized spacial score (nSPS) is 20.0. The number of hydrogen-bond acceptors (Lipinski definition) is 7. The van der Waals surface area contributed by atoms with Gasteiger partial charge in [-0.3, -0.25) is 11.2 Å². The molecule has 150 valence electrons. The van der Waals surface area contributed by atoms with Gasteiger partial charge in [0.05, 0.1) is 10.5 Å². The molecule has 0 aliphatic carbocycles. The Hall–Kier alpha value is -2.70. The van der Waals surface area contributed by atoms with Crippen molar-refractivity contribution < 1.29 is 26.0 Å². The smallest absolute Gasteiger partial charge is 0.369 e. The SMILES string of the molecule is CS(=O)(=O)c1ccc(-c2c(F)cc(C3(N)N=C(N)NN3)cc2C(F)(F)F)cc1. The third-order valence-corrected chi connectivity index (χ3v) is 5.21. The third-order valence-electron chi connectivity index (χ3n) is 4.08. The van der Waals surface area contributed by atoms with Crippen molar-refractivity contribution in [3.63, 3.8) is 0 Å². The highest BCUT2D eigenvalue weighted by molar-refractivity contribution is 7.90. The first-order chi connectivity index (χ1) is 12.8. The van der Waals surface area contributed by atoms with Crippen molar-refractivity contribution in [3.8, 4) is 11.1 Å². The highest BCUT2D eigenvalue weighted by Gasteiger charge is 2.39. The maximum Gasteiger partial charge on any atom is 0.417 e. The average molecular weight is 417 g/mol. The van der Waals surface area contributed by atoms with Crippen LogP contribution in [0.15, 0.2) is 46.3 Å². The molecular weight excluding hydrogens is 402 g/mol. The van der Waals surface area contributed by atoms with Gasteiger partial charge in [0.25, 0.3) is 0 Å². The molecule has 1 aliphatic heterocycles. The van der Waals surface area contributed by atoms with Crippen molar-refractivity contribution in [3.05, 3.63) is 53.3 Å². The zero-order valence-electron chi connectivity index (χ0n) is 14.3. The molecule has 0 bridgehead atoms. The topological polar surface area (TPSA) is 123 Å². The predicted molar refractivity (Wildman–Crippen MR) is 93.7 cm³/mol. The fraction of sp³-hybridized carbons (Fsp3) is 0.188. The molecule has 1 heterocycles. The molecule has 0 spiro atoms. The largest absolute Gasteiger partial charge is 0.417 e. The van der Waals surface area contributed by atoms with Crippen molar-refractivity contribution in [2.75, 3.05) is 6.26 Å². The van der Waals surface area contributed by atoms with E-state index in [2.05, 4.69) is 15.8 Å². The van der Waals surface area contributed by atoms with Crippen molar-refractivity contribution in [1.82, 2.24) is 10.9 Å². The van der Waals surface area contributed by atoms with Gasteiger partial charge >= 0.3 is 6.18 Å². The van der Waals surface area contributed by atoms with E-state index in [-0.39, 0.29) is 22.0 Å². The van der Waals surface area contributed by atoms with Gasteiger partial charge in [0.2, 0.25) is 11.7 Å². The molecule has 3 rings (SSSR count). The minimum absolute atomic E-state index is 0.103. The van der Waals surface area contributed by atoms with Gasteiger partial charge in [-0.25, -0.2) is 17.8 Å². The van der Waals surface area contributed by atoms with Crippen LogP contribution in [0.25, 0.3) is 11.1 Å². The minimum atomic E-state index is -4.92. The summed E-state index contributed by atoms with van der Waals surface area (Å²) in [6.07, 6.45) is -3.96. The number of benzene rings is 2. The van der Waals surface area contributed by atoms with Gasteiger partial charge in [-0.1, -0.05) is 12.1 Å². The summed E-state index contributed by atoms with van der Waals surface area (Å²) >= 11 is 0. The van der Waals surface area contributed by atoms with Crippen LogP contribution in [-0.2, 0) is 21.8 Å². The molecule has 12 heteroatoms. The highest BCUT2D eigenvalue weighted by atomic mass is 32.2. The summed E-state index contributed by atoms with van der Waals surface area (Å²) in [5.74, 6) is -3.26. The maximum absolute atomic E-state index is 14.8. The Kier molecular flexibility index (Phi) is 4.60. The van der Waals surface area contributed by atoms with Crippen LogP contribution in [0.3, 0.4) is 0 Å². The Morgan fingerprint density at radius 2 is 1.75 bits per heavy atom. The first-order valence-corrected chi connectivity index (χ1v) is 9.59. The summed E-state index contributed by atoms with van der Waals surface area (Å²) in [7, 11) is -3.56. The number of nitrogens with two attached hydrogens (primary N) is 2. The Labute approximate surface area is 157 Å². The molecule has 0 radical (unpaired) electrons. The number of hydrazine groups is 1. The molecule has 0 fully saturated rings. The number of halogens is 4. The number of aliphatic imine (C=N–C) groups is 1. The van der Waals surface area contributed by atoms with Crippen LogP contribution in [0, 0.1) is 5.82 Å². The molecule has 0 aromatic heterocycles. The second-order valence-corrected chi connectivity index (χ2v) is 8.20. The monoisotopic (exact) mass is 417 g/mol. The van der Waals surface area contributed by atoms with Gasteiger partial charge in [-0.05, 0) is 29.8 Å². The summed E-state index contributed by atoms with van der Waals surface area (Å²) in [5.41, 5.74) is 13.5. The first kappa shape index (κ1) is 20.0. The van der Waals surface area contributed by atoms with Crippen LogP contribution < -0.4 is 22.3 Å². The predicted octanol–water partition coefficient (Wildman–Crippen LogP) is 1.41. The zero-order valence-corrected chi connectivity index (χ0v) is 15.1. The number of sulfone groups is 1. The van der Waals surface area contributed by atoms with Crippen LogP contribution in [-0.4, -0.2) is 20.6 Å². The number of alkyl halides is 3. The van der Waals surface area contributed by atoms with Crippen molar-refractivity contribution in [2.24, 2.45) is 16.5 Å². The summed E-state index contributed by atoms with van der Waals surface area (Å²) in [4.78, 5) is 3.64. The van der Waals surface area contributed by atoms with Gasteiger partial charge in [0, 0.05) is 17.4 Å². The number of nitrogens with zero attached hydrogens (tertiary/aromatic N) is 1. The van der Waals surface area contributed by atoms with E-state index < -0.39 is 38.7 Å². The van der Waals surface area contributed by atoms with Gasteiger partial charge in [0.1, 0.15) is 5.82 Å². The first-order valence-electron chi connectivity index (χ1n) is 7.70. The second-order valence-electron chi connectivity index (χ2n) is 6.19. The summed E-state index contributed by atoms with van der Waals surface area (Å²) in [6, 6.07) is 5.90. The standard InChI is InChI=1S/C16H15F4N5O2S/c1-28(26,27)10-4-2-8(3-5-10)13-11(15(18,19)20)6-9(7-12(13)17)16(22)23-14(21)24-25-16/h2-7,25H,22H2,1H3,(H3,21,23,24). The number of nitrogens with one attached hydrogen (secondary N) is 2. The molecule has 1 aliphatic rings. The van der Waals surface area contributed by atoms with Gasteiger partial charge in [0.15, 0.2) is 9.84 Å². The molecule has 7 nitrogen and oxygen atoms in total. The molecule has 0 saturated heterocycles. The second kappa shape index (κ2) is 6.43. The van der Waals surface area contributed by atoms with E-state index in [9.17, 15) is 26.0 Å². The lowest BCUT2D eigenvalue weighted by atomic mass is 9.94. The van der Waals surface area contributed by atoms with E-state index in [0.717, 1.165) is 36.6 Å². The Morgan fingerprint density at radius 3 is 2.21 bits per heavy atom. The molecule has 28 heavy (non-hydrogen) atoms. The Morgan fingerprint density at radius 1 is 1.14 bits per heavy atom. The Bertz CT molecular complexity index is 1070. The number of rotatable bonds is 3. The van der Waals surface area contributed by atoms with Crippen LogP contribution in [0.4, 0.5) is 17.6 Å². The molecule has 0 saturated carbocycles. The van der Waals surface area contributed by atoms with E-state index in [4.69, 9.17) is 11.5 Å². The zero-order chi connectivity index (χ0) is 20.9. The van der Waals surface area contributed by atoms with E-state index in [1.807, 2.05) is 0 Å². The number of hydrogen-bond donors (Lipinski definition) is 4. The van der Waals surface area contributed by atoms with Crippen molar-refractivity contribution in [2.45, 2.75) is 16.9 Å². The molecule has 2 aromatic rings.